The predicted molar refractivity (Wildman–Crippen MR) is 62.4 cm³/mol. The van der Waals surface area contributed by atoms with Crippen LogP contribution in [0.1, 0.15) is 25.8 Å². The third-order valence-electron chi connectivity index (χ3n) is 2.43. The number of aromatic amines is 1. The molecule has 4 N–H and O–H groups in total. The maximum absolute atomic E-state index is 11.8. The Morgan fingerprint density at radius 1 is 1.62 bits per heavy atom. The van der Waals surface area contributed by atoms with Crippen LogP contribution in [0.4, 0.5) is 0 Å². The third-order valence-corrected chi connectivity index (χ3v) is 2.43. The second-order valence-corrected chi connectivity index (χ2v) is 4.39. The molecule has 1 unspecified atom stereocenters. The van der Waals surface area contributed by atoms with Gasteiger partial charge in [0.2, 0.25) is 5.91 Å². The van der Waals surface area contributed by atoms with Crippen molar-refractivity contribution in [2.75, 3.05) is 6.54 Å². The van der Waals surface area contributed by atoms with Crippen LogP contribution in [0.15, 0.2) is 12.4 Å². The van der Waals surface area contributed by atoms with Crippen LogP contribution >= 0.6 is 0 Å². The number of nitrogens with two attached hydrogens (primary N) is 1. The second kappa shape index (κ2) is 6.27. The summed E-state index contributed by atoms with van der Waals surface area (Å²) in [5.74, 6) is 0.414. The Hall–Kier alpha value is -1.36. The van der Waals surface area contributed by atoms with Crippen molar-refractivity contribution in [2.45, 2.75) is 26.8 Å². The molecular weight excluding hydrogens is 204 g/mol. The van der Waals surface area contributed by atoms with Gasteiger partial charge in [0.15, 0.2) is 0 Å². The van der Waals surface area contributed by atoms with Gasteiger partial charge in [-0.25, -0.2) is 0 Å². The van der Waals surface area contributed by atoms with E-state index in [-0.39, 0.29) is 11.8 Å². The van der Waals surface area contributed by atoms with E-state index in [1.54, 1.807) is 12.4 Å². The number of carbonyl (C=O) groups excluding carboxylic acids is 1. The van der Waals surface area contributed by atoms with Crippen molar-refractivity contribution in [2.24, 2.45) is 17.6 Å². The van der Waals surface area contributed by atoms with E-state index in [0.717, 1.165) is 12.0 Å². The number of carbonyl (C=O) groups is 1. The molecule has 1 heterocycles. The van der Waals surface area contributed by atoms with Gasteiger partial charge in [-0.05, 0) is 12.3 Å². The maximum Gasteiger partial charge on any atom is 0.224 e. The maximum atomic E-state index is 11.8. The number of H-pyrrole nitrogens is 1. The molecule has 1 aromatic rings. The molecule has 1 rings (SSSR count). The predicted octanol–water partition coefficient (Wildman–Crippen LogP) is 0.647. The first-order valence-corrected chi connectivity index (χ1v) is 5.59. The minimum absolute atomic E-state index is 0.0254. The molecule has 0 aliphatic carbocycles. The molecular formula is C11H20N4O. The van der Waals surface area contributed by atoms with Gasteiger partial charge in [-0.2, -0.15) is 5.10 Å². The van der Waals surface area contributed by atoms with Crippen LogP contribution in [0.25, 0.3) is 0 Å². The van der Waals surface area contributed by atoms with E-state index in [1.165, 1.54) is 0 Å². The largest absolute Gasteiger partial charge is 0.352 e. The van der Waals surface area contributed by atoms with Gasteiger partial charge in [-0.15, -0.1) is 0 Å². The van der Waals surface area contributed by atoms with Gasteiger partial charge in [0.1, 0.15) is 0 Å². The highest BCUT2D eigenvalue weighted by atomic mass is 16.1. The highest BCUT2D eigenvalue weighted by molar-refractivity contribution is 5.78. The number of aromatic nitrogens is 2. The monoisotopic (exact) mass is 224 g/mol. The van der Waals surface area contributed by atoms with Crippen molar-refractivity contribution < 1.29 is 4.79 Å². The zero-order chi connectivity index (χ0) is 12.0. The molecule has 1 amide bonds. The van der Waals surface area contributed by atoms with Crippen molar-refractivity contribution in [1.29, 1.82) is 0 Å². The molecule has 0 saturated heterocycles. The second-order valence-electron chi connectivity index (χ2n) is 4.39. The first-order valence-electron chi connectivity index (χ1n) is 5.59. The average molecular weight is 224 g/mol. The Kier molecular flexibility index (Phi) is 4.98. The van der Waals surface area contributed by atoms with Crippen LogP contribution in [0.3, 0.4) is 0 Å². The zero-order valence-electron chi connectivity index (χ0n) is 9.86. The van der Waals surface area contributed by atoms with E-state index in [1.807, 2.05) is 0 Å². The van der Waals surface area contributed by atoms with Gasteiger partial charge in [0.25, 0.3) is 0 Å². The summed E-state index contributed by atoms with van der Waals surface area (Å²) in [4.78, 5) is 11.8. The van der Waals surface area contributed by atoms with E-state index in [4.69, 9.17) is 5.73 Å². The summed E-state index contributed by atoms with van der Waals surface area (Å²) in [5.41, 5.74) is 6.56. The summed E-state index contributed by atoms with van der Waals surface area (Å²) in [6.07, 6.45) is 4.29. The Labute approximate surface area is 95.8 Å². The minimum atomic E-state index is -0.0908. The summed E-state index contributed by atoms with van der Waals surface area (Å²) in [5, 5.41) is 9.38. The van der Waals surface area contributed by atoms with E-state index in [9.17, 15) is 4.79 Å². The lowest BCUT2D eigenvalue weighted by Crippen LogP contribution is -2.35. The fraction of sp³-hybridized carbons (Fsp3) is 0.636. The van der Waals surface area contributed by atoms with Crippen molar-refractivity contribution >= 4 is 5.91 Å². The molecule has 0 fully saturated rings. The fourth-order valence-electron chi connectivity index (χ4n) is 1.59. The average Bonchev–Trinajstić information content (AvgIpc) is 2.75. The Morgan fingerprint density at radius 3 is 2.88 bits per heavy atom. The SMILES string of the molecule is CC(C)CC(CN)C(=O)NCc1cn[nH]c1. The van der Waals surface area contributed by atoms with Gasteiger partial charge in [-0.1, -0.05) is 13.8 Å². The Balaban J connectivity index is 2.37. The molecule has 0 aliphatic heterocycles. The first-order chi connectivity index (χ1) is 7.63. The molecule has 0 spiro atoms. The molecule has 0 radical (unpaired) electrons. The van der Waals surface area contributed by atoms with Crippen LogP contribution in [0, 0.1) is 11.8 Å². The van der Waals surface area contributed by atoms with Crippen LogP contribution in [0.2, 0.25) is 0 Å². The lowest BCUT2D eigenvalue weighted by molar-refractivity contribution is -0.125. The van der Waals surface area contributed by atoms with Crippen molar-refractivity contribution in [1.82, 2.24) is 15.5 Å². The van der Waals surface area contributed by atoms with Crippen LogP contribution in [-0.2, 0) is 11.3 Å². The highest BCUT2D eigenvalue weighted by Crippen LogP contribution is 2.10. The molecule has 1 atom stereocenters. The van der Waals surface area contributed by atoms with Crippen molar-refractivity contribution in [3.8, 4) is 0 Å². The van der Waals surface area contributed by atoms with E-state index >= 15 is 0 Å². The number of amides is 1. The summed E-state index contributed by atoms with van der Waals surface area (Å²) in [6.45, 7) is 5.08. The van der Waals surface area contributed by atoms with Gasteiger partial charge in [0.05, 0.1) is 12.1 Å². The van der Waals surface area contributed by atoms with E-state index in [0.29, 0.717) is 19.0 Å². The first kappa shape index (κ1) is 12.7. The number of rotatable bonds is 6. The number of hydrogen-bond donors (Lipinski definition) is 3. The molecule has 0 aliphatic rings. The van der Waals surface area contributed by atoms with E-state index < -0.39 is 0 Å². The van der Waals surface area contributed by atoms with Crippen LogP contribution in [-0.4, -0.2) is 22.6 Å². The van der Waals surface area contributed by atoms with Gasteiger partial charge < -0.3 is 11.1 Å². The van der Waals surface area contributed by atoms with Crippen molar-refractivity contribution in [3.05, 3.63) is 18.0 Å². The number of nitrogens with one attached hydrogen (secondary N) is 2. The van der Waals surface area contributed by atoms with Gasteiger partial charge >= 0.3 is 0 Å². The van der Waals surface area contributed by atoms with E-state index in [2.05, 4.69) is 29.4 Å². The van der Waals surface area contributed by atoms with Crippen molar-refractivity contribution in [3.63, 3.8) is 0 Å². The molecule has 16 heavy (non-hydrogen) atoms. The quantitative estimate of drug-likeness (QED) is 0.663. The summed E-state index contributed by atoms with van der Waals surface area (Å²) in [7, 11) is 0. The summed E-state index contributed by atoms with van der Waals surface area (Å²) in [6, 6.07) is 0. The number of hydrogen-bond acceptors (Lipinski definition) is 3. The molecule has 1 aromatic heterocycles. The van der Waals surface area contributed by atoms with Gasteiger partial charge in [0, 0.05) is 24.8 Å². The van der Waals surface area contributed by atoms with Gasteiger partial charge in [-0.3, -0.25) is 9.89 Å². The number of nitrogens with zero attached hydrogens (tertiary/aromatic N) is 1. The molecule has 0 aromatic carbocycles. The van der Waals surface area contributed by atoms with Crippen LogP contribution < -0.4 is 11.1 Å². The third kappa shape index (κ3) is 4.02. The molecule has 5 nitrogen and oxygen atoms in total. The standard InChI is InChI=1S/C11H20N4O/c1-8(2)3-10(4-12)11(16)13-5-9-6-14-15-7-9/h6-8,10H,3-5,12H2,1-2H3,(H,13,16)(H,14,15). The Bertz CT molecular complexity index is 308. The fourth-order valence-corrected chi connectivity index (χ4v) is 1.59. The lowest BCUT2D eigenvalue weighted by Gasteiger charge is -2.16. The smallest absolute Gasteiger partial charge is 0.224 e. The summed E-state index contributed by atoms with van der Waals surface area (Å²) < 4.78 is 0. The highest BCUT2D eigenvalue weighted by Gasteiger charge is 2.17. The molecule has 0 saturated carbocycles. The molecule has 5 heteroatoms. The Morgan fingerprint density at radius 2 is 2.38 bits per heavy atom. The lowest BCUT2D eigenvalue weighted by atomic mass is 9.96. The normalized spacial score (nSPS) is 12.8. The summed E-state index contributed by atoms with van der Waals surface area (Å²) >= 11 is 0. The topological polar surface area (TPSA) is 83.8 Å². The molecule has 0 bridgehead atoms. The minimum Gasteiger partial charge on any atom is -0.352 e. The molecule has 90 valence electrons. The van der Waals surface area contributed by atoms with Crippen LogP contribution in [0.5, 0.6) is 0 Å². The zero-order valence-corrected chi connectivity index (χ0v) is 9.86.